The van der Waals surface area contributed by atoms with E-state index in [4.69, 9.17) is 33.7 Å². The summed E-state index contributed by atoms with van der Waals surface area (Å²) in [4.78, 5) is 0. The van der Waals surface area contributed by atoms with E-state index in [1.54, 1.807) is 0 Å². The summed E-state index contributed by atoms with van der Waals surface area (Å²) in [5.41, 5.74) is 0. The summed E-state index contributed by atoms with van der Waals surface area (Å²) in [7, 11) is 0. The molecule has 0 aromatic heterocycles. The normalized spacial score (nSPS) is 6.00. The first-order valence-corrected chi connectivity index (χ1v) is 4.56. The van der Waals surface area contributed by atoms with E-state index in [1.807, 2.05) is 0 Å². The first-order valence-electron chi connectivity index (χ1n) is 0.507. The van der Waals surface area contributed by atoms with Gasteiger partial charge in [0, 0.05) is 0 Å². The van der Waals surface area contributed by atoms with E-state index in [2.05, 4.69) is 0 Å². The summed E-state index contributed by atoms with van der Waals surface area (Å²) in [6.07, 6.45) is 0. The number of hydrogen-bond acceptors (Lipinski definition) is 0. The van der Waals surface area contributed by atoms with Gasteiger partial charge in [-0.25, -0.2) is 0 Å². The Bertz CT molecular complexity index is 13.5. The Hall–Kier alpha value is 3.14. The van der Waals surface area contributed by atoms with Gasteiger partial charge in [-0.15, -0.1) is 0 Å². The summed E-state index contributed by atoms with van der Waals surface area (Å²) in [6, 6.07) is 0. The van der Waals surface area contributed by atoms with Crippen molar-refractivity contribution in [2.45, 2.75) is 0 Å². The van der Waals surface area contributed by atoms with Gasteiger partial charge >= 0.3 is 54.6 Å². The molecule has 0 aliphatic rings. The minimum atomic E-state index is -1.20. The van der Waals surface area contributed by atoms with Crippen LogP contribution in [0.5, 0.6) is 0 Å². The van der Waals surface area contributed by atoms with Gasteiger partial charge in [-0.2, -0.15) is 0 Å². The van der Waals surface area contributed by atoms with Crippen molar-refractivity contribution in [1.29, 1.82) is 0 Å². The number of hydrogen-bond donors (Lipinski definition) is 0. The SMILES string of the molecule is ClP(Cl)Cl.[PbH2].[PbH2]. The summed E-state index contributed by atoms with van der Waals surface area (Å²) in [5, 5.41) is 0. The fourth-order valence-electron chi connectivity index (χ4n) is 0. The number of rotatable bonds is 0. The quantitative estimate of drug-likeness (QED) is 0.310. The summed E-state index contributed by atoms with van der Waals surface area (Å²) >= 11 is 14.6. The van der Waals surface area contributed by atoms with Crippen molar-refractivity contribution in [3.8, 4) is 0 Å². The molecule has 0 saturated carbocycles. The molecule has 6 heteroatoms. The molecule has 0 fully saturated rings. The Labute approximate surface area is 92.7 Å². The van der Waals surface area contributed by atoms with Gasteiger partial charge in [-0.1, -0.05) is 33.7 Å². The molecule has 0 atom stereocenters. The molecule has 0 aliphatic heterocycles. The summed E-state index contributed by atoms with van der Waals surface area (Å²) in [6.45, 7) is 0. The standard InChI is InChI=1S/Cl3P.2Pb.4H/c1-4(2)3;;;;;;. The molecule has 4 radical (unpaired) electrons. The third-order valence-corrected chi connectivity index (χ3v) is 0. The maximum absolute atomic E-state index is 4.87. The third-order valence-electron chi connectivity index (χ3n) is 0. The Morgan fingerprint density at radius 1 is 0.833 bits per heavy atom. The minimum absolute atomic E-state index is 0. The molecule has 0 unspecified atom stereocenters. The van der Waals surface area contributed by atoms with Crippen molar-refractivity contribution in [2.75, 3.05) is 0 Å². The Balaban J connectivity index is -0.0000000450. The van der Waals surface area contributed by atoms with Gasteiger partial charge in [0.25, 0.3) is 0 Å². The molecule has 0 aromatic rings. The van der Waals surface area contributed by atoms with Gasteiger partial charge < -0.3 is 0 Å². The Kier molecular flexibility index (Phi) is 29.5. The molecule has 0 rings (SSSR count). The van der Waals surface area contributed by atoms with Crippen LogP contribution >= 0.6 is 39.7 Å². The molecule has 0 amide bonds. The molecule has 0 N–H and O–H groups in total. The third kappa shape index (κ3) is 27.3. The zero-order chi connectivity index (χ0) is 3.58. The summed E-state index contributed by atoms with van der Waals surface area (Å²) in [5.74, 6) is -1.20. The van der Waals surface area contributed by atoms with Crippen LogP contribution in [0.2, 0.25) is 0 Å². The zero-order valence-electron chi connectivity index (χ0n) is 3.00. The molecule has 0 bridgehead atoms. The van der Waals surface area contributed by atoms with E-state index in [0.29, 0.717) is 0 Å². The van der Waals surface area contributed by atoms with Crippen LogP contribution in [0.25, 0.3) is 0 Å². The average molecular weight is 556 g/mol. The Morgan fingerprint density at radius 2 is 0.833 bits per heavy atom. The molecule has 0 aromatic carbocycles. The first kappa shape index (κ1) is 16.1. The van der Waals surface area contributed by atoms with Gasteiger partial charge in [0.05, 0.1) is 0 Å². The number of halogens is 3. The molecule has 6 heavy (non-hydrogen) atoms. The second-order valence-electron chi connectivity index (χ2n) is 0.192. The topological polar surface area (TPSA) is 0 Å². The van der Waals surface area contributed by atoms with E-state index < -0.39 is 5.98 Å². The van der Waals surface area contributed by atoms with E-state index >= 15 is 0 Å². The van der Waals surface area contributed by atoms with Gasteiger partial charge in [-0.05, 0) is 0 Å². The van der Waals surface area contributed by atoms with Gasteiger partial charge in [-0.3, -0.25) is 0 Å². The van der Waals surface area contributed by atoms with Crippen molar-refractivity contribution in [2.24, 2.45) is 0 Å². The van der Waals surface area contributed by atoms with Crippen LogP contribution in [-0.4, -0.2) is 54.6 Å². The van der Waals surface area contributed by atoms with E-state index in [-0.39, 0.29) is 54.6 Å². The van der Waals surface area contributed by atoms with Crippen molar-refractivity contribution in [3.05, 3.63) is 0 Å². The van der Waals surface area contributed by atoms with Crippen LogP contribution in [0.4, 0.5) is 0 Å². The van der Waals surface area contributed by atoms with Crippen LogP contribution in [0.1, 0.15) is 0 Å². The van der Waals surface area contributed by atoms with E-state index in [9.17, 15) is 0 Å². The molecule has 0 aliphatic carbocycles. The van der Waals surface area contributed by atoms with Gasteiger partial charge in [0.2, 0.25) is 0 Å². The predicted molar refractivity (Wildman–Crippen MR) is 41.6 cm³/mol. The predicted octanol–water partition coefficient (Wildman–Crippen LogP) is 1.10. The zero-order valence-corrected chi connectivity index (χ0v) is 17.2. The van der Waals surface area contributed by atoms with E-state index in [1.165, 1.54) is 0 Å². The van der Waals surface area contributed by atoms with Crippen molar-refractivity contribution in [3.63, 3.8) is 0 Å². The summed E-state index contributed by atoms with van der Waals surface area (Å²) < 4.78 is 0. The van der Waals surface area contributed by atoms with Gasteiger partial charge in [0.1, 0.15) is 0 Å². The van der Waals surface area contributed by atoms with Crippen LogP contribution in [-0.2, 0) is 0 Å². The monoisotopic (exact) mass is 556 g/mol. The van der Waals surface area contributed by atoms with Crippen LogP contribution in [0, 0.1) is 0 Å². The molecular formula is H4Cl3PPb2. The first-order chi connectivity index (χ1) is 1.73. The molecule has 0 heterocycles. The molecule has 0 saturated heterocycles. The molecular weight excluding hydrogens is 552 g/mol. The molecule has 0 nitrogen and oxygen atoms in total. The fourth-order valence-corrected chi connectivity index (χ4v) is 0. The van der Waals surface area contributed by atoms with Crippen molar-refractivity contribution in [1.82, 2.24) is 0 Å². The van der Waals surface area contributed by atoms with Crippen molar-refractivity contribution >= 4 is 94.3 Å². The van der Waals surface area contributed by atoms with E-state index in [0.717, 1.165) is 0 Å². The van der Waals surface area contributed by atoms with Crippen LogP contribution in [0.3, 0.4) is 0 Å². The second kappa shape index (κ2) is 11.0. The fraction of sp³-hybridized carbons (Fsp3) is 0. The molecule has 38 valence electrons. The maximum atomic E-state index is 4.87. The van der Waals surface area contributed by atoms with Crippen molar-refractivity contribution < 1.29 is 0 Å². The van der Waals surface area contributed by atoms with Crippen LogP contribution in [0.15, 0.2) is 0 Å². The second-order valence-corrected chi connectivity index (χ2v) is 5.17. The Morgan fingerprint density at radius 3 is 0.833 bits per heavy atom. The average Bonchev–Trinajstić information content (AvgIpc) is 0.811. The van der Waals surface area contributed by atoms with Crippen LogP contribution < -0.4 is 0 Å². The molecule has 0 spiro atoms. The van der Waals surface area contributed by atoms with Gasteiger partial charge in [0.15, 0.2) is 5.98 Å².